The van der Waals surface area contributed by atoms with Crippen molar-refractivity contribution in [2.45, 2.75) is 19.0 Å². The summed E-state index contributed by atoms with van der Waals surface area (Å²) in [7, 11) is 0. The van der Waals surface area contributed by atoms with Crippen molar-refractivity contribution in [2.75, 3.05) is 0 Å². The van der Waals surface area contributed by atoms with Crippen molar-refractivity contribution >= 4 is 11.9 Å². The third-order valence-corrected chi connectivity index (χ3v) is 4.15. The standard InChI is InChI=1S/C18H14FN3O2/c1-18(14-5-3-2-4-6-14)16(23)22(17(24)21-18)11-12-7-8-15(19)9-13(12)10-20/h2-9H,11H2,1H3,(H,21,24). The molecule has 3 amide bonds. The summed E-state index contributed by atoms with van der Waals surface area (Å²) in [5.74, 6) is -0.950. The van der Waals surface area contributed by atoms with E-state index in [2.05, 4.69) is 5.32 Å². The third kappa shape index (κ3) is 2.50. The minimum Gasteiger partial charge on any atom is -0.319 e. The Morgan fingerprint density at radius 1 is 1.21 bits per heavy atom. The normalized spacial score (nSPS) is 20.0. The molecule has 1 aliphatic heterocycles. The minimum atomic E-state index is -1.16. The van der Waals surface area contributed by atoms with Crippen molar-refractivity contribution in [2.24, 2.45) is 0 Å². The van der Waals surface area contributed by atoms with Crippen LogP contribution < -0.4 is 5.32 Å². The Hall–Kier alpha value is -3.20. The summed E-state index contributed by atoms with van der Waals surface area (Å²) in [4.78, 5) is 26.1. The van der Waals surface area contributed by atoms with Gasteiger partial charge >= 0.3 is 6.03 Å². The minimum absolute atomic E-state index is 0.0870. The summed E-state index contributed by atoms with van der Waals surface area (Å²) < 4.78 is 13.2. The van der Waals surface area contributed by atoms with Crippen LogP contribution >= 0.6 is 0 Å². The Kier molecular flexibility index (Phi) is 3.78. The molecule has 1 atom stereocenters. The van der Waals surface area contributed by atoms with Gasteiger partial charge in [-0.05, 0) is 30.2 Å². The zero-order chi connectivity index (χ0) is 17.3. The average Bonchev–Trinajstić information content (AvgIpc) is 2.81. The number of urea groups is 1. The molecule has 6 heteroatoms. The molecule has 24 heavy (non-hydrogen) atoms. The molecule has 0 radical (unpaired) electrons. The van der Waals surface area contributed by atoms with Gasteiger partial charge in [0.1, 0.15) is 11.4 Å². The maximum absolute atomic E-state index is 13.2. The van der Waals surface area contributed by atoms with Crippen molar-refractivity contribution in [3.05, 3.63) is 71.0 Å². The lowest BCUT2D eigenvalue weighted by Gasteiger charge is -2.22. The largest absolute Gasteiger partial charge is 0.325 e. The Bertz CT molecular complexity index is 860. The van der Waals surface area contributed by atoms with E-state index < -0.39 is 23.3 Å². The van der Waals surface area contributed by atoms with Crippen LogP contribution in [0.4, 0.5) is 9.18 Å². The number of halogens is 1. The van der Waals surface area contributed by atoms with E-state index in [9.17, 15) is 14.0 Å². The third-order valence-electron chi connectivity index (χ3n) is 4.15. The first-order valence-electron chi connectivity index (χ1n) is 7.34. The van der Waals surface area contributed by atoms with Gasteiger partial charge in [-0.3, -0.25) is 9.69 Å². The van der Waals surface area contributed by atoms with E-state index in [0.29, 0.717) is 11.1 Å². The number of rotatable bonds is 3. The van der Waals surface area contributed by atoms with Crippen LogP contribution in [0.25, 0.3) is 0 Å². The van der Waals surface area contributed by atoms with Gasteiger partial charge in [0, 0.05) is 0 Å². The molecule has 2 aromatic rings. The van der Waals surface area contributed by atoms with Crippen molar-refractivity contribution in [1.82, 2.24) is 10.2 Å². The lowest BCUT2D eigenvalue weighted by Crippen LogP contribution is -2.40. The molecule has 1 aliphatic rings. The van der Waals surface area contributed by atoms with E-state index in [0.717, 1.165) is 11.0 Å². The first-order valence-corrected chi connectivity index (χ1v) is 7.34. The molecule has 0 aliphatic carbocycles. The van der Waals surface area contributed by atoms with E-state index in [4.69, 9.17) is 5.26 Å². The number of amides is 3. The first-order chi connectivity index (χ1) is 11.5. The fourth-order valence-electron chi connectivity index (χ4n) is 2.77. The number of nitrogens with one attached hydrogen (secondary N) is 1. The summed E-state index contributed by atoms with van der Waals surface area (Å²) in [6, 6.07) is 14.0. The highest BCUT2D eigenvalue weighted by Crippen LogP contribution is 2.30. The molecule has 0 bridgehead atoms. The van der Waals surface area contributed by atoms with Gasteiger partial charge < -0.3 is 5.32 Å². The fraction of sp³-hybridized carbons (Fsp3) is 0.167. The van der Waals surface area contributed by atoms with Crippen molar-refractivity contribution in [3.63, 3.8) is 0 Å². The maximum atomic E-state index is 13.2. The molecule has 1 saturated heterocycles. The summed E-state index contributed by atoms with van der Waals surface area (Å²) >= 11 is 0. The van der Waals surface area contributed by atoms with E-state index in [-0.39, 0.29) is 12.1 Å². The van der Waals surface area contributed by atoms with E-state index in [1.807, 2.05) is 12.1 Å². The van der Waals surface area contributed by atoms with Crippen LogP contribution in [-0.2, 0) is 16.9 Å². The highest BCUT2D eigenvalue weighted by atomic mass is 19.1. The van der Waals surface area contributed by atoms with E-state index >= 15 is 0 Å². The number of hydrogen-bond acceptors (Lipinski definition) is 3. The van der Waals surface area contributed by atoms with Gasteiger partial charge in [-0.15, -0.1) is 0 Å². The molecular weight excluding hydrogens is 309 g/mol. The van der Waals surface area contributed by atoms with Gasteiger partial charge in [-0.2, -0.15) is 5.26 Å². The SMILES string of the molecule is CC1(c2ccccc2)NC(=O)N(Cc2ccc(F)cc2C#N)C1=O. The molecule has 5 nitrogen and oxygen atoms in total. The Morgan fingerprint density at radius 2 is 1.92 bits per heavy atom. The second-order valence-electron chi connectivity index (χ2n) is 5.73. The monoisotopic (exact) mass is 323 g/mol. The summed E-state index contributed by atoms with van der Waals surface area (Å²) in [6.45, 7) is 1.55. The molecule has 1 heterocycles. The number of carbonyl (C=O) groups is 2. The Morgan fingerprint density at radius 3 is 2.58 bits per heavy atom. The van der Waals surface area contributed by atoms with Crippen molar-refractivity contribution in [3.8, 4) is 6.07 Å². The van der Waals surface area contributed by atoms with Crippen LogP contribution in [0.2, 0.25) is 0 Å². The number of imide groups is 1. The number of carbonyl (C=O) groups excluding carboxylic acids is 2. The van der Waals surface area contributed by atoms with E-state index in [1.54, 1.807) is 31.2 Å². The molecule has 1 N–H and O–H groups in total. The van der Waals surface area contributed by atoms with Crippen molar-refractivity contribution < 1.29 is 14.0 Å². The van der Waals surface area contributed by atoms with Crippen LogP contribution in [0.5, 0.6) is 0 Å². The van der Waals surface area contributed by atoms with Crippen LogP contribution in [-0.4, -0.2) is 16.8 Å². The van der Waals surface area contributed by atoms with Crippen molar-refractivity contribution in [1.29, 1.82) is 5.26 Å². The molecule has 2 aromatic carbocycles. The summed E-state index contributed by atoms with van der Waals surface area (Å²) in [5.41, 5.74) is 0.0274. The number of nitrogens with zero attached hydrogens (tertiary/aromatic N) is 2. The highest BCUT2D eigenvalue weighted by molar-refractivity contribution is 6.07. The lowest BCUT2D eigenvalue weighted by atomic mass is 9.92. The van der Waals surface area contributed by atoms with Crippen LogP contribution in [0.1, 0.15) is 23.6 Å². The first kappa shape index (κ1) is 15.7. The molecule has 120 valence electrons. The van der Waals surface area contributed by atoms with Crippen LogP contribution in [0.3, 0.4) is 0 Å². The zero-order valence-electron chi connectivity index (χ0n) is 12.9. The van der Waals surface area contributed by atoms with E-state index in [1.165, 1.54) is 12.1 Å². The number of nitriles is 1. The van der Waals surface area contributed by atoms with Gasteiger partial charge in [0.2, 0.25) is 0 Å². The predicted molar refractivity (Wildman–Crippen MR) is 84.0 cm³/mol. The van der Waals surface area contributed by atoms with Crippen LogP contribution in [0.15, 0.2) is 48.5 Å². The van der Waals surface area contributed by atoms with Gasteiger partial charge in [0.25, 0.3) is 5.91 Å². The Labute approximate surface area is 138 Å². The maximum Gasteiger partial charge on any atom is 0.325 e. The van der Waals surface area contributed by atoms with Gasteiger partial charge in [0.15, 0.2) is 0 Å². The number of benzene rings is 2. The molecule has 3 rings (SSSR count). The summed E-state index contributed by atoms with van der Waals surface area (Å²) in [6.07, 6.45) is 0. The quantitative estimate of drug-likeness (QED) is 0.883. The molecule has 0 aromatic heterocycles. The molecular formula is C18H14FN3O2. The lowest BCUT2D eigenvalue weighted by molar-refractivity contribution is -0.131. The second-order valence-corrected chi connectivity index (χ2v) is 5.73. The molecule has 0 spiro atoms. The highest BCUT2D eigenvalue weighted by Gasteiger charge is 2.48. The predicted octanol–water partition coefficient (Wildman–Crippen LogP) is 2.66. The molecule has 1 unspecified atom stereocenters. The van der Waals surface area contributed by atoms with Crippen LogP contribution in [0, 0.1) is 17.1 Å². The Balaban J connectivity index is 1.93. The molecule has 1 fully saturated rings. The van der Waals surface area contributed by atoms with Gasteiger partial charge in [-0.25, -0.2) is 9.18 Å². The summed E-state index contributed by atoms with van der Waals surface area (Å²) in [5, 5.41) is 11.8. The smallest absolute Gasteiger partial charge is 0.319 e. The van der Waals surface area contributed by atoms with Gasteiger partial charge in [-0.1, -0.05) is 36.4 Å². The zero-order valence-corrected chi connectivity index (χ0v) is 12.9. The second kappa shape index (κ2) is 5.78. The fourth-order valence-corrected chi connectivity index (χ4v) is 2.77. The topological polar surface area (TPSA) is 73.2 Å². The molecule has 0 saturated carbocycles. The number of hydrogen-bond donors (Lipinski definition) is 1. The van der Waals surface area contributed by atoms with Gasteiger partial charge in [0.05, 0.1) is 18.2 Å². The average molecular weight is 323 g/mol.